The summed E-state index contributed by atoms with van der Waals surface area (Å²) in [5.74, 6) is 0.437. The van der Waals surface area contributed by atoms with Crippen molar-refractivity contribution in [2.24, 2.45) is 5.92 Å². The molecule has 21 heavy (non-hydrogen) atoms. The van der Waals surface area contributed by atoms with E-state index in [-0.39, 0.29) is 18.7 Å². The van der Waals surface area contributed by atoms with Crippen molar-refractivity contribution in [2.45, 2.75) is 26.3 Å². The average Bonchev–Trinajstić information content (AvgIpc) is 2.46. The van der Waals surface area contributed by atoms with Crippen LogP contribution in [0, 0.1) is 5.92 Å². The number of urea groups is 1. The highest BCUT2D eigenvalue weighted by atomic mass is 16.3. The van der Waals surface area contributed by atoms with Crippen molar-refractivity contribution in [2.75, 3.05) is 31.6 Å². The highest BCUT2D eigenvalue weighted by Gasteiger charge is 2.12. The van der Waals surface area contributed by atoms with Crippen molar-refractivity contribution in [1.82, 2.24) is 10.6 Å². The van der Waals surface area contributed by atoms with Gasteiger partial charge in [-0.3, -0.25) is 0 Å². The van der Waals surface area contributed by atoms with Crippen LogP contribution in [0.4, 0.5) is 10.5 Å². The molecule has 0 spiro atoms. The van der Waals surface area contributed by atoms with Gasteiger partial charge in [0.05, 0.1) is 12.6 Å². The first-order chi connectivity index (χ1) is 10.0. The fourth-order valence-corrected chi connectivity index (χ4v) is 2.13. The van der Waals surface area contributed by atoms with Gasteiger partial charge < -0.3 is 20.6 Å². The van der Waals surface area contributed by atoms with Gasteiger partial charge in [-0.2, -0.15) is 0 Å². The molecule has 5 nitrogen and oxygen atoms in total. The molecule has 1 unspecified atom stereocenters. The van der Waals surface area contributed by atoms with Crippen LogP contribution in [-0.4, -0.2) is 43.9 Å². The zero-order valence-corrected chi connectivity index (χ0v) is 13.2. The van der Waals surface area contributed by atoms with E-state index in [2.05, 4.69) is 29.4 Å². The maximum Gasteiger partial charge on any atom is 0.315 e. The van der Waals surface area contributed by atoms with Crippen LogP contribution in [0.3, 0.4) is 0 Å². The Balaban J connectivity index is 2.27. The maximum atomic E-state index is 11.8. The van der Waals surface area contributed by atoms with E-state index in [0.717, 1.165) is 18.7 Å². The molecule has 0 bridgehead atoms. The predicted octanol–water partition coefficient (Wildman–Crippen LogP) is 1.83. The van der Waals surface area contributed by atoms with Gasteiger partial charge in [0.25, 0.3) is 0 Å². The largest absolute Gasteiger partial charge is 0.394 e. The molecule has 1 rings (SSSR count). The Morgan fingerprint density at radius 2 is 1.95 bits per heavy atom. The number of amides is 2. The Bertz CT molecular complexity index is 409. The van der Waals surface area contributed by atoms with Crippen molar-refractivity contribution in [3.8, 4) is 0 Å². The van der Waals surface area contributed by atoms with Gasteiger partial charge in [0, 0.05) is 25.8 Å². The van der Waals surface area contributed by atoms with Crippen molar-refractivity contribution < 1.29 is 9.90 Å². The fourth-order valence-electron chi connectivity index (χ4n) is 2.13. The quantitative estimate of drug-likeness (QED) is 0.685. The number of para-hydroxylation sites is 1. The lowest BCUT2D eigenvalue weighted by Crippen LogP contribution is -2.46. The van der Waals surface area contributed by atoms with Crippen LogP contribution in [-0.2, 0) is 0 Å². The average molecular weight is 293 g/mol. The van der Waals surface area contributed by atoms with Crippen molar-refractivity contribution in [3.05, 3.63) is 30.3 Å². The summed E-state index contributed by atoms with van der Waals surface area (Å²) in [6, 6.07) is 9.61. The Kier molecular flexibility index (Phi) is 7.61. The molecule has 5 heteroatoms. The van der Waals surface area contributed by atoms with Crippen molar-refractivity contribution in [1.29, 1.82) is 0 Å². The van der Waals surface area contributed by atoms with Crippen molar-refractivity contribution >= 4 is 11.7 Å². The highest BCUT2D eigenvalue weighted by molar-refractivity contribution is 5.74. The van der Waals surface area contributed by atoms with Crippen LogP contribution in [0.15, 0.2) is 30.3 Å². The molecular formula is C16H27N3O2. The van der Waals surface area contributed by atoms with Gasteiger partial charge in [-0.1, -0.05) is 32.0 Å². The first-order valence-electron chi connectivity index (χ1n) is 7.44. The van der Waals surface area contributed by atoms with E-state index in [4.69, 9.17) is 0 Å². The Morgan fingerprint density at radius 3 is 2.52 bits per heavy atom. The molecule has 0 heterocycles. The highest BCUT2D eigenvalue weighted by Crippen LogP contribution is 2.09. The van der Waals surface area contributed by atoms with Crippen LogP contribution in [0.1, 0.15) is 20.3 Å². The Hall–Kier alpha value is -1.75. The molecular weight excluding hydrogens is 266 g/mol. The molecule has 0 saturated carbocycles. The van der Waals surface area contributed by atoms with E-state index in [1.165, 1.54) is 0 Å². The number of hydrogen-bond donors (Lipinski definition) is 3. The number of aliphatic hydroxyl groups excluding tert-OH is 1. The van der Waals surface area contributed by atoms with Crippen LogP contribution in [0.2, 0.25) is 0 Å². The van der Waals surface area contributed by atoms with E-state index in [1.54, 1.807) is 0 Å². The van der Waals surface area contributed by atoms with Gasteiger partial charge in [0.2, 0.25) is 0 Å². The van der Waals surface area contributed by atoms with Gasteiger partial charge in [0.15, 0.2) is 0 Å². The zero-order valence-electron chi connectivity index (χ0n) is 13.2. The number of hydrogen-bond acceptors (Lipinski definition) is 3. The number of carbonyl (C=O) groups is 1. The molecule has 0 aliphatic heterocycles. The summed E-state index contributed by atoms with van der Waals surface area (Å²) in [6.07, 6.45) is 0.772. The number of carbonyl (C=O) groups excluding carboxylic acids is 1. The number of nitrogens with zero attached hydrogens (tertiary/aromatic N) is 1. The van der Waals surface area contributed by atoms with Gasteiger partial charge >= 0.3 is 6.03 Å². The summed E-state index contributed by atoms with van der Waals surface area (Å²) < 4.78 is 0. The molecule has 0 aromatic heterocycles. The molecule has 3 N–H and O–H groups in total. The monoisotopic (exact) mass is 293 g/mol. The Morgan fingerprint density at radius 1 is 1.29 bits per heavy atom. The third kappa shape index (κ3) is 6.99. The maximum absolute atomic E-state index is 11.8. The summed E-state index contributed by atoms with van der Waals surface area (Å²) in [7, 11) is 1.99. The lowest BCUT2D eigenvalue weighted by atomic mass is 10.0. The van der Waals surface area contributed by atoms with Crippen molar-refractivity contribution in [3.63, 3.8) is 0 Å². The standard InChI is InChI=1S/C16H27N3O2/c1-13(2)11-14(12-20)18-16(21)17-9-10-19(3)15-7-5-4-6-8-15/h4-8,13-14,20H,9-12H2,1-3H3,(H2,17,18,21). The first-order valence-corrected chi connectivity index (χ1v) is 7.44. The molecule has 0 radical (unpaired) electrons. The SMILES string of the molecule is CC(C)CC(CO)NC(=O)NCCN(C)c1ccccc1. The summed E-state index contributed by atoms with van der Waals surface area (Å²) in [5.41, 5.74) is 1.12. The van der Waals surface area contributed by atoms with E-state index < -0.39 is 0 Å². The number of anilines is 1. The van der Waals surface area contributed by atoms with Gasteiger partial charge in [-0.05, 0) is 24.5 Å². The molecule has 1 aromatic rings. The number of benzene rings is 1. The lowest BCUT2D eigenvalue weighted by Gasteiger charge is -2.21. The predicted molar refractivity (Wildman–Crippen MR) is 86.6 cm³/mol. The molecule has 1 atom stereocenters. The van der Waals surface area contributed by atoms with Crippen LogP contribution >= 0.6 is 0 Å². The first kappa shape index (κ1) is 17.3. The third-order valence-corrected chi connectivity index (χ3v) is 3.24. The molecule has 0 fully saturated rings. The van der Waals surface area contributed by atoms with Crippen LogP contribution in [0.25, 0.3) is 0 Å². The van der Waals surface area contributed by atoms with E-state index in [1.807, 2.05) is 37.4 Å². The lowest BCUT2D eigenvalue weighted by molar-refractivity contribution is 0.207. The molecule has 2 amide bonds. The van der Waals surface area contributed by atoms with Gasteiger partial charge in [-0.15, -0.1) is 0 Å². The van der Waals surface area contributed by atoms with Gasteiger partial charge in [0.1, 0.15) is 0 Å². The fraction of sp³-hybridized carbons (Fsp3) is 0.562. The minimum atomic E-state index is -0.226. The normalized spacial score (nSPS) is 12.0. The smallest absolute Gasteiger partial charge is 0.315 e. The van der Waals surface area contributed by atoms with E-state index in [0.29, 0.717) is 12.5 Å². The van der Waals surface area contributed by atoms with E-state index in [9.17, 15) is 9.90 Å². The van der Waals surface area contributed by atoms with Gasteiger partial charge in [-0.25, -0.2) is 4.79 Å². The second-order valence-corrected chi connectivity index (χ2v) is 5.67. The summed E-state index contributed by atoms with van der Waals surface area (Å²) in [5, 5.41) is 14.8. The summed E-state index contributed by atoms with van der Waals surface area (Å²) in [6.45, 7) is 5.38. The number of nitrogens with one attached hydrogen (secondary N) is 2. The molecule has 118 valence electrons. The number of rotatable bonds is 8. The minimum absolute atomic E-state index is 0.0322. The summed E-state index contributed by atoms with van der Waals surface area (Å²) >= 11 is 0. The third-order valence-electron chi connectivity index (χ3n) is 3.24. The van der Waals surface area contributed by atoms with Crippen LogP contribution in [0.5, 0.6) is 0 Å². The minimum Gasteiger partial charge on any atom is -0.394 e. The molecule has 0 aliphatic rings. The molecule has 0 saturated heterocycles. The number of aliphatic hydroxyl groups is 1. The number of likely N-dealkylation sites (N-methyl/N-ethyl adjacent to an activating group) is 1. The van der Waals surface area contributed by atoms with E-state index >= 15 is 0 Å². The Labute approximate surface area is 127 Å². The van der Waals surface area contributed by atoms with Crippen LogP contribution < -0.4 is 15.5 Å². The topological polar surface area (TPSA) is 64.6 Å². The molecule has 1 aromatic carbocycles. The summed E-state index contributed by atoms with van der Waals surface area (Å²) in [4.78, 5) is 13.8. The zero-order chi connectivity index (χ0) is 15.7. The molecule has 0 aliphatic carbocycles. The second kappa shape index (κ2) is 9.23. The second-order valence-electron chi connectivity index (χ2n) is 5.67.